The molecule has 0 saturated carbocycles. The van der Waals surface area contributed by atoms with E-state index in [0.717, 1.165) is 0 Å². The van der Waals surface area contributed by atoms with Gasteiger partial charge in [0.2, 0.25) is 5.91 Å². The van der Waals surface area contributed by atoms with Gasteiger partial charge in [-0.2, -0.15) is 0 Å². The lowest BCUT2D eigenvalue weighted by molar-refractivity contribution is -0.123. The molecule has 0 aliphatic heterocycles. The molecule has 1 atom stereocenters. The fourth-order valence-corrected chi connectivity index (χ4v) is 1.72. The third-order valence-corrected chi connectivity index (χ3v) is 2.96. The van der Waals surface area contributed by atoms with Gasteiger partial charge < -0.3 is 15.8 Å². The van der Waals surface area contributed by atoms with Crippen molar-refractivity contribution in [3.05, 3.63) is 59.9 Å². The number of pyridine rings is 1. The lowest BCUT2D eigenvalue weighted by atomic mass is 10.2. The van der Waals surface area contributed by atoms with Crippen molar-refractivity contribution in [1.29, 1.82) is 0 Å². The highest BCUT2D eigenvalue weighted by Crippen LogP contribution is 2.10. The summed E-state index contributed by atoms with van der Waals surface area (Å²) >= 11 is 0. The number of hydrogen-bond donors (Lipinski definition) is 2. The van der Waals surface area contributed by atoms with Crippen molar-refractivity contribution in [2.45, 2.75) is 13.0 Å². The van der Waals surface area contributed by atoms with Crippen LogP contribution in [-0.2, 0) is 9.53 Å². The summed E-state index contributed by atoms with van der Waals surface area (Å²) in [5, 5.41) is 2.58. The van der Waals surface area contributed by atoms with Gasteiger partial charge in [0.1, 0.15) is 5.69 Å². The van der Waals surface area contributed by atoms with Gasteiger partial charge in [0.15, 0.2) is 6.10 Å². The summed E-state index contributed by atoms with van der Waals surface area (Å²) < 4.78 is 5.04. The molecule has 0 aliphatic rings. The first kappa shape index (κ1) is 16.2. The summed E-state index contributed by atoms with van der Waals surface area (Å²) in [5.41, 5.74) is 6.05. The molecule has 0 radical (unpaired) electrons. The number of amides is 2. The molecule has 1 aromatic heterocycles. The van der Waals surface area contributed by atoms with E-state index in [4.69, 9.17) is 10.5 Å². The Morgan fingerprint density at radius 1 is 1.13 bits per heavy atom. The molecule has 1 heterocycles. The molecule has 0 aliphatic carbocycles. The molecular formula is C16H15N3O4. The quantitative estimate of drug-likeness (QED) is 0.810. The fraction of sp³-hybridized carbons (Fsp3) is 0.125. The van der Waals surface area contributed by atoms with E-state index in [1.807, 2.05) is 0 Å². The van der Waals surface area contributed by atoms with Crippen LogP contribution in [0.4, 0.5) is 5.69 Å². The number of esters is 1. The molecular weight excluding hydrogens is 298 g/mol. The highest BCUT2D eigenvalue weighted by molar-refractivity contribution is 5.97. The normalized spacial score (nSPS) is 11.3. The molecule has 7 nitrogen and oxygen atoms in total. The maximum atomic E-state index is 12.0. The van der Waals surface area contributed by atoms with Crippen molar-refractivity contribution < 1.29 is 19.1 Å². The van der Waals surface area contributed by atoms with Gasteiger partial charge in [-0.3, -0.25) is 9.59 Å². The number of rotatable bonds is 5. The summed E-state index contributed by atoms with van der Waals surface area (Å²) in [5.74, 6) is -1.74. The summed E-state index contributed by atoms with van der Waals surface area (Å²) in [6, 6.07) is 10.9. The average molecular weight is 313 g/mol. The van der Waals surface area contributed by atoms with Crippen LogP contribution >= 0.6 is 0 Å². The van der Waals surface area contributed by atoms with Gasteiger partial charge in [-0.05, 0) is 43.3 Å². The number of primary amides is 1. The molecule has 118 valence electrons. The Morgan fingerprint density at radius 2 is 1.83 bits per heavy atom. The van der Waals surface area contributed by atoms with Gasteiger partial charge in [-0.1, -0.05) is 6.07 Å². The number of aromatic nitrogens is 1. The number of benzene rings is 1. The third-order valence-electron chi connectivity index (χ3n) is 2.96. The summed E-state index contributed by atoms with van der Waals surface area (Å²) in [6.45, 7) is 1.45. The minimum absolute atomic E-state index is 0.123. The zero-order valence-corrected chi connectivity index (χ0v) is 12.4. The number of nitrogens with two attached hydrogens (primary N) is 1. The number of ether oxygens (including phenoxy) is 1. The van der Waals surface area contributed by atoms with Crippen LogP contribution in [0.3, 0.4) is 0 Å². The molecule has 0 bridgehead atoms. The molecule has 3 N–H and O–H groups in total. The molecule has 1 unspecified atom stereocenters. The van der Waals surface area contributed by atoms with Gasteiger partial charge in [-0.25, -0.2) is 9.78 Å². The standard InChI is InChI=1S/C16H15N3O4/c1-10(23-16(22)13-4-2-3-9-18-13)15(21)19-12-7-5-11(6-8-12)14(17)20/h2-10H,1H3,(H2,17,20)(H,19,21). The van der Waals surface area contributed by atoms with Crippen LogP contribution in [0.1, 0.15) is 27.8 Å². The fourth-order valence-electron chi connectivity index (χ4n) is 1.72. The van der Waals surface area contributed by atoms with Crippen LogP contribution in [0, 0.1) is 0 Å². The zero-order chi connectivity index (χ0) is 16.8. The Morgan fingerprint density at radius 3 is 2.39 bits per heavy atom. The zero-order valence-electron chi connectivity index (χ0n) is 12.4. The van der Waals surface area contributed by atoms with Gasteiger partial charge in [0, 0.05) is 17.4 Å². The second-order valence-electron chi connectivity index (χ2n) is 4.69. The molecule has 2 amide bonds. The average Bonchev–Trinajstić information content (AvgIpc) is 2.56. The Hall–Kier alpha value is -3.22. The molecule has 7 heteroatoms. The predicted molar refractivity (Wildman–Crippen MR) is 82.7 cm³/mol. The molecule has 23 heavy (non-hydrogen) atoms. The van der Waals surface area contributed by atoms with Gasteiger partial charge in [0.25, 0.3) is 5.91 Å². The van der Waals surface area contributed by atoms with Gasteiger partial charge in [0.05, 0.1) is 0 Å². The van der Waals surface area contributed by atoms with Crippen LogP contribution in [0.5, 0.6) is 0 Å². The first-order valence-electron chi connectivity index (χ1n) is 6.80. The van der Waals surface area contributed by atoms with E-state index in [1.165, 1.54) is 43.5 Å². The molecule has 0 spiro atoms. The van der Waals surface area contributed by atoms with E-state index in [-0.39, 0.29) is 5.69 Å². The Bertz CT molecular complexity index is 714. The van der Waals surface area contributed by atoms with Crippen molar-refractivity contribution in [3.63, 3.8) is 0 Å². The number of nitrogens with zero attached hydrogens (tertiary/aromatic N) is 1. The van der Waals surface area contributed by atoms with Crippen LogP contribution in [-0.4, -0.2) is 28.9 Å². The maximum absolute atomic E-state index is 12.0. The number of anilines is 1. The van der Waals surface area contributed by atoms with E-state index < -0.39 is 23.9 Å². The van der Waals surface area contributed by atoms with Crippen LogP contribution in [0.2, 0.25) is 0 Å². The first-order chi connectivity index (χ1) is 11.0. The SMILES string of the molecule is CC(OC(=O)c1ccccn1)C(=O)Nc1ccc(C(N)=O)cc1. The molecule has 2 rings (SSSR count). The highest BCUT2D eigenvalue weighted by Gasteiger charge is 2.19. The second-order valence-corrected chi connectivity index (χ2v) is 4.69. The van der Waals surface area contributed by atoms with Crippen molar-refractivity contribution >= 4 is 23.5 Å². The Kier molecular flexibility index (Phi) is 5.03. The van der Waals surface area contributed by atoms with Crippen LogP contribution in [0.15, 0.2) is 48.7 Å². The van der Waals surface area contributed by atoms with Crippen LogP contribution < -0.4 is 11.1 Å². The van der Waals surface area contributed by atoms with E-state index in [1.54, 1.807) is 12.1 Å². The van der Waals surface area contributed by atoms with E-state index in [9.17, 15) is 14.4 Å². The maximum Gasteiger partial charge on any atom is 0.357 e. The lowest BCUT2D eigenvalue weighted by Gasteiger charge is -2.13. The topological polar surface area (TPSA) is 111 Å². The lowest BCUT2D eigenvalue weighted by Crippen LogP contribution is -2.30. The minimum Gasteiger partial charge on any atom is -0.448 e. The molecule has 1 aromatic carbocycles. The van der Waals surface area contributed by atoms with Gasteiger partial charge >= 0.3 is 5.97 Å². The number of carbonyl (C=O) groups excluding carboxylic acids is 3. The van der Waals surface area contributed by atoms with Crippen LogP contribution in [0.25, 0.3) is 0 Å². The van der Waals surface area contributed by atoms with E-state index in [2.05, 4.69) is 10.3 Å². The van der Waals surface area contributed by atoms with E-state index in [0.29, 0.717) is 11.3 Å². The number of hydrogen-bond acceptors (Lipinski definition) is 5. The van der Waals surface area contributed by atoms with E-state index >= 15 is 0 Å². The van der Waals surface area contributed by atoms with Crippen molar-refractivity contribution in [1.82, 2.24) is 4.98 Å². The predicted octanol–water partition coefficient (Wildman–Crippen LogP) is 1.36. The summed E-state index contributed by atoms with van der Waals surface area (Å²) in [4.78, 5) is 38.6. The number of nitrogens with one attached hydrogen (secondary N) is 1. The minimum atomic E-state index is -1.000. The third kappa shape index (κ3) is 4.37. The highest BCUT2D eigenvalue weighted by atomic mass is 16.5. The van der Waals surface area contributed by atoms with Crippen molar-refractivity contribution in [2.75, 3.05) is 5.32 Å². The Labute approximate surface area is 132 Å². The molecule has 2 aromatic rings. The number of carbonyl (C=O) groups is 3. The first-order valence-corrected chi connectivity index (χ1v) is 6.80. The smallest absolute Gasteiger partial charge is 0.357 e. The van der Waals surface area contributed by atoms with Crippen molar-refractivity contribution in [2.24, 2.45) is 5.73 Å². The van der Waals surface area contributed by atoms with Gasteiger partial charge in [-0.15, -0.1) is 0 Å². The summed E-state index contributed by atoms with van der Waals surface area (Å²) in [6.07, 6.45) is 0.460. The van der Waals surface area contributed by atoms with Crippen molar-refractivity contribution in [3.8, 4) is 0 Å². The monoisotopic (exact) mass is 313 g/mol. The molecule has 0 saturated heterocycles. The second kappa shape index (κ2) is 7.17. The molecule has 0 fully saturated rings. The Balaban J connectivity index is 1.94. The summed E-state index contributed by atoms with van der Waals surface area (Å²) in [7, 11) is 0. The largest absolute Gasteiger partial charge is 0.448 e.